The first-order valence-corrected chi connectivity index (χ1v) is 10.9. The van der Waals surface area contributed by atoms with Crippen LogP contribution in [0.5, 0.6) is 0 Å². The first kappa shape index (κ1) is 25.2. The number of carbonyl (C=O) groups excluding carboxylic acids is 2. The predicted molar refractivity (Wildman–Crippen MR) is 128 cm³/mol. The molecule has 0 saturated carbocycles. The van der Waals surface area contributed by atoms with Gasteiger partial charge >= 0.3 is 12.1 Å². The van der Waals surface area contributed by atoms with Crippen LogP contribution in [0, 0.1) is 12.7 Å². The molecular weight excluding hydrogens is 463 g/mol. The second-order valence-corrected chi connectivity index (χ2v) is 7.73. The number of aromatic nitrogens is 1. The summed E-state index contributed by atoms with van der Waals surface area (Å²) >= 11 is 5.93. The van der Waals surface area contributed by atoms with Crippen LogP contribution in [0.15, 0.2) is 54.7 Å². The van der Waals surface area contributed by atoms with Gasteiger partial charge in [0.2, 0.25) is 0 Å². The van der Waals surface area contributed by atoms with E-state index < -0.39 is 24.0 Å². The van der Waals surface area contributed by atoms with Crippen LogP contribution < -0.4 is 10.6 Å². The van der Waals surface area contributed by atoms with Crippen LogP contribution in [0.1, 0.15) is 5.56 Å². The van der Waals surface area contributed by atoms with Crippen LogP contribution in [-0.4, -0.2) is 54.9 Å². The van der Waals surface area contributed by atoms with E-state index in [2.05, 4.69) is 22.5 Å². The van der Waals surface area contributed by atoms with E-state index in [9.17, 15) is 14.0 Å². The van der Waals surface area contributed by atoms with E-state index in [0.717, 1.165) is 10.8 Å². The lowest BCUT2D eigenvalue weighted by molar-refractivity contribution is 0.0569. The molecule has 1 atom stereocenters. The molecule has 0 bridgehead atoms. The molecule has 0 aliphatic carbocycles. The average molecular weight is 488 g/mol. The molecule has 0 aliphatic rings. The largest absolute Gasteiger partial charge is 0.447 e. The van der Waals surface area contributed by atoms with Gasteiger partial charge in [-0.1, -0.05) is 48.0 Å². The number of benzene rings is 2. The Bertz CT molecular complexity index is 1150. The van der Waals surface area contributed by atoms with Gasteiger partial charge in [0.15, 0.2) is 0 Å². The van der Waals surface area contributed by atoms with Gasteiger partial charge in [0, 0.05) is 31.8 Å². The number of ether oxygens (including phenoxy) is 2. The van der Waals surface area contributed by atoms with Crippen molar-refractivity contribution in [3.63, 3.8) is 0 Å². The number of carbonyl (C=O) groups is 2. The van der Waals surface area contributed by atoms with Crippen LogP contribution in [0.4, 0.5) is 19.8 Å². The van der Waals surface area contributed by atoms with E-state index in [4.69, 9.17) is 21.1 Å². The number of amides is 3. The number of fused-ring (bicyclic) bond motifs is 1. The fourth-order valence-electron chi connectivity index (χ4n) is 3.10. The summed E-state index contributed by atoms with van der Waals surface area (Å²) in [6.45, 7) is 3.77. The van der Waals surface area contributed by atoms with Gasteiger partial charge in [0.05, 0.1) is 17.7 Å². The summed E-state index contributed by atoms with van der Waals surface area (Å²) < 4.78 is 24.2. The van der Waals surface area contributed by atoms with Crippen molar-refractivity contribution in [2.45, 2.75) is 12.6 Å². The van der Waals surface area contributed by atoms with Gasteiger partial charge in [0.1, 0.15) is 18.2 Å². The topological polar surface area (TPSA) is 92.8 Å². The van der Waals surface area contributed by atoms with Gasteiger partial charge in [-0.3, -0.25) is 5.32 Å². The molecule has 10 heteroatoms. The third-order valence-electron chi connectivity index (χ3n) is 5.05. The predicted octanol–water partition coefficient (Wildman–Crippen LogP) is 4.64. The van der Waals surface area contributed by atoms with Crippen LogP contribution >= 0.6 is 11.6 Å². The molecule has 0 aliphatic heterocycles. The Morgan fingerprint density at radius 2 is 1.94 bits per heavy atom. The quantitative estimate of drug-likeness (QED) is 0.459. The van der Waals surface area contributed by atoms with E-state index in [1.165, 1.54) is 24.1 Å². The molecular formula is C24H25ClFN4O4. The highest BCUT2D eigenvalue weighted by Gasteiger charge is 2.22. The molecule has 1 aromatic heterocycles. The Morgan fingerprint density at radius 1 is 1.18 bits per heavy atom. The number of rotatable bonds is 9. The van der Waals surface area contributed by atoms with E-state index in [0.29, 0.717) is 11.4 Å². The third kappa shape index (κ3) is 6.79. The first-order chi connectivity index (χ1) is 16.4. The molecule has 2 N–H and O–H groups in total. The maximum Gasteiger partial charge on any atom is 0.412 e. The molecule has 179 valence electrons. The van der Waals surface area contributed by atoms with Crippen molar-refractivity contribution in [3.8, 4) is 0 Å². The fourth-order valence-corrected chi connectivity index (χ4v) is 3.29. The number of anilines is 1. The third-order valence-corrected chi connectivity index (χ3v) is 5.48. The zero-order valence-electron chi connectivity index (χ0n) is 18.6. The summed E-state index contributed by atoms with van der Waals surface area (Å²) in [5.41, 5.74) is 0.437. The van der Waals surface area contributed by atoms with Gasteiger partial charge in [-0.05, 0) is 30.0 Å². The summed E-state index contributed by atoms with van der Waals surface area (Å²) in [6, 6.07) is 12.6. The summed E-state index contributed by atoms with van der Waals surface area (Å²) in [7, 11) is 1.53. The molecule has 0 saturated heterocycles. The molecule has 3 rings (SSSR count). The molecule has 0 spiro atoms. The van der Waals surface area contributed by atoms with Crippen molar-refractivity contribution < 1.29 is 23.5 Å². The van der Waals surface area contributed by atoms with Crippen molar-refractivity contribution >= 4 is 40.3 Å². The number of hydrogen-bond donors (Lipinski definition) is 2. The van der Waals surface area contributed by atoms with Gasteiger partial charge in [-0.2, -0.15) is 0 Å². The van der Waals surface area contributed by atoms with Gasteiger partial charge < -0.3 is 19.7 Å². The second kappa shape index (κ2) is 12.2. The van der Waals surface area contributed by atoms with Crippen molar-refractivity contribution in [1.29, 1.82) is 0 Å². The highest BCUT2D eigenvalue weighted by atomic mass is 35.5. The number of nitrogens with one attached hydrogen (secondary N) is 2. The number of urea groups is 1. The van der Waals surface area contributed by atoms with E-state index in [1.54, 1.807) is 18.3 Å². The average Bonchev–Trinajstić information content (AvgIpc) is 2.84. The van der Waals surface area contributed by atoms with Crippen molar-refractivity contribution in [2.75, 3.05) is 32.2 Å². The first-order valence-electron chi connectivity index (χ1n) is 10.5. The van der Waals surface area contributed by atoms with E-state index >= 15 is 0 Å². The van der Waals surface area contributed by atoms with Gasteiger partial charge in [-0.25, -0.2) is 19.0 Å². The van der Waals surface area contributed by atoms with Crippen LogP contribution in [0.3, 0.4) is 0 Å². The summed E-state index contributed by atoms with van der Waals surface area (Å²) in [5, 5.41) is 7.06. The smallest absolute Gasteiger partial charge is 0.412 e. The molecule has 1 radical (unpaired) electrons. The van der Waals surface area contributed by atoms with E-state index in [-0.39, 0.29) is 31.4 Å². The minimum Gasteiger partial charge on any atom is -0.447 e. The lowest BCUT2D eigenvalue weighted by atomic mass is 10.2. The van der Waals surface area contributed by atoms with Gasteiger partial charge in [0.25, 0.3) is 0 Å². The summed E-state index contributed by atoms with van der Waals surface area (Å²) in [6.07, 6.45) is 0.932. The fraction of sp³-hybridized carbons (Fsp3) is 0.250. The lowest BCUT2D eigenvalue weighted by Gasteiger charge is -2.28. The number of likely N-dealkylation sites (N-methyl/N-ethyl adjacent to an activating group) is 1. The second-order valence-electron chi connectivity index (χ2n) is 7.35. The van der Waals surface area contributed by atoms with Crippen molar-refractivity contribution in [3.05, 3.63) is 78.1 Å². The maximum absolute atomic E-state index is 13.6. The maximum atomic E-state index is 13.6. The zero-order valence-corrected chi connectivity index (χ0v) is 19.3. The van der Waals surface area contributed by atoms with Crippen molar-refractivity contribution in [2.24, 2.45) is 0 Å². The summed E-state index contributed by atoms with van der Waals surface area (Å²) in [5.74, 6) is -0.226. The minimum atomic E-state index is -0.720. The zero-order chi connectivity index (χ0) is 24.5. The molecule has 0 fully saturated rings. The molecule has 8 nitrogen and oxygen atoms in total. The number of pyridine rings is 1. The molecule has 0 unspecified atom stereocenters. The monoisotopic (exact) mass is 487 g/mol. The molecule has 2 aromatic carbocycles. The van der Waals surface area contributed by atoms with Gasteiger partial charge in [-0.15, -0.1) is 0 Å². The highest BCUT2D eigenvalue weighted by Crippen LogP contribution is 2.19. The Hall–Kier alpha value is -3.43. The Kier molecular flexibility index (Phi) is 9.00. The Morgan fingerprint density at radius 3 is 2.71 bits per heavy atom. The number of hydrogen-bond acceptors (Lipinski definition) is 5. The lowest BCUT2D eigenvalue weighted by Crippen LogP contribution is -2.48. The minimum absolute atomic E-state index is 0.0254. The molecule has 3 aromatic rings. The highest BCUT2D eigenvalue weighted by molar-refractivity contribution is 6.31. The van der Waals surface area contributed by atoms with Crippen LogP contribution in [-0.2, 0) is 16.0 Å². The normalized spacial score (nSPS) is 11.6. The molecule has 3 amide bonds. The van der Waals surface area contributed by atoms with Crippen molar-refractivity contribution in [1.82, 2.24) is 15.2 Å². The molecule has 1 heterocycles. The number of nitrogens with zero attached hydrogens (tertiary/aromatic N) is 2. The Labute approximate surface area is 202 Å². The SMILES string of the molecule is [CH2]COC[C@@H](COC(=O)Nc1cc2ccccc2cn1)N(C)C(=O)NCc1cccc(F)c1Cl. The standard InChI is InChI=1S/C24H25ClFN4O4/c1-3-33-14-19(30(2)23(31)28-13-18-9-6-10-20(26)22(18)25)15-34-24(32)29-21-11-16-7-4-5-8-17(16)12-27-21/h4-12,19H,1,3,13-15H2,2H3,(H,28,31)(H,27,29,32)/t19-/m0/s1. The van der Waals surface area contributed by atoms with Crippen LogP contribution in [0.25, 0.3) is 10.8 Å². The molecule has 34 heavy (non-hydrogen) atoms. The number of halogens is 2. The van der Waals surface area contributed by atoms with Crippen LogP contribution in [0.2, 0.25) is 5.02 Å². The Balaban J connectivity index is 1.56. The van der Waals surface area contributed by atoms with E-state index in [1.807, 2.05) is 24.3 Å². The summed E-state index contributed by atoms with van der Waals surface area (Å²) in [4.78, 5) is 30.5.